The summed E-state index contributed by atoms with van der Waals surface area (Å²) in [7, 11) is 0. The van der Waals surface area contributed by atoms with Gasteiger partial charge in [0.1, 0.15) is 0 Å². The number of hydrogen-bond donors (Lipinski definition) is 1. The first-order chi connectivity index (χ1) is 11.8. The summed E-state index contributed by atoms with van der Waals surface area (Å²) in [5.41, 5.74) is -1.93. The summed E-state index contributed by atoms with van der Waals surface area (Å²) in [5.74, 6) is -19.7. The minimum atomic E-state index is -6.99. The topological polar surface area (TPSA) is 20.2 Å². The minimum absolute atomic E-state index is 0.309. The van der Waals surface area contributed by atoms with Crippen molar-refractivity contribution in [1.29, 1.82) is 0 Å². The molecule has 1 unspecified atom stereocenters. The zero-order valence-electron chi connectivity index (χ0n) is 13.2. The van der Waals surface area contributed by atoms with Gasteiger partial charge in [0.25, 0.3) is 0 Å². The lowest BCUT2D eigenvalue weighted by Gasteiger charge is -2.33. The van der Waals surface area contributed by atoms with Gasteiger partial charge in [0.05, 0.1) is 5.60 Å². The third-order valence-corrected chi connectivity index (χ3v) is 5.18. The first-order valence-electron chi connectivity index (χ1n) is 6.91. The van der Waals surface area contributed by atoms with Crippen molar-refractivity contribution >= 4 is 34.2 Å². The molecule has 1 nitrogen and oxygen atoms in total. The Balaban J connectivity index is 3.22. The maximum Gasteiger partial charge on any atom is 0.460 e. The van der Waals surface area contributed by atoms with Crippen molar-refractivity contribution in [2.24, 2.45) is 0 Å². The van der Waals surface area contributed by atoms with Gasteiger partial charge in [0.2, 0.25) is 0 Å². The third kappa shape index (κ3) is 5.03. The molecule has 0 amide bonds. The van der Waals surface area contributed by atoms with E-state index in [1.165, 1.54) is 24.3 Å². The molecular weight excluding hydrogens is 530 g/mol. The molecule has 1 N–H and O–H groups in total. The molecule has 1 aromatic carbocycles. The van der Waals surface area contributed by atoms with Crippen molar-refractivity contribution in [3.05, 3.63) is 44.5 Å². The van der Waals surface area contributed by atoms with Crippen LogP contribution in [0.15, 0.2) is 33.9 Å². The Hall–Kier alpha value is -0.690. The number of hydrogen-bond acceptors (Lipinski definition) is 1. The van der Waals surface area contributed by atoms with E-state index in [0.717, 1.165) is 29.5 Å². The minimum Gasteiger partial charge on any atom is -0.385 e. The molecular formula is C15H11ClF9IO. The fraction of sp³-hybridized carbons (Fsp3) is 0.467. The molecule has 0 heterocycles. The molecule has 1 aromatic rings. The molecule has 0 saturated heterocycles. The number of benzene rings is 1. The summed E-state index contributed by atoms with van der Waals surface area (Å²) in [6, 6.07) is 5.53. The van der Waals surface area contributed by atoms with Gasteiger partial charge in [-0.3, -0.25) is 0 Å². The van der Waals surface area contributed by atoms with E-state index in [0.29, 0.717) is 10.6 Å². The normalized spacial score (nSPS) is 17.0. The second-order valence-electron chi connectivity index (χ2n) is 5.84. The Morgan fingerprint density at radius 3 is 1.81 bits per heavy atom. The maximum absolute atomic E-state index is 13.7. The van der Waals surface area contributed by atoms with Gasteiger partial charge in [-0.25, -0.2) is 0 Å². The van der Waals surface area contributed by atoms with Crippen LogP contribution in [0.1, 0.15) is 12.5 Å². The highest BCUT2D eigenvalue weighted by molar-refractivity contribution is 14.1. The van der Waals surface area contributed by atoms with E-state index in [9.17, 15) is 44.6 Å². The van der Waals surface area contributed by atoms with E-state index >= 15 is 0 Å². The lowest BCUT2D eigenvalue weighted by atomic mass is 9.94. The van der Waals surface area contributed by atoms with Crippen molar-refractivity contribution in [2.75, 3.05) is 0 Å². The van der Waals surface area contributed by atoms with Gasteiger partial charge in [0.15, 0.2) is 0 Å². The van der Waals surface area contributed by atoms with Crippen molar-refractivity contribution < 1.29 is 44.6 Å². The molecule has 154 valence electrons. The number of halogens is 11. The molecule has 0 aromatic heterocycles. The van der Waals surface area contributed by atoms with Crippen LogP contribution in [0.4, 0.5) is 39.5 Å². The average Bonchev–Trinajstić information content (AvgIpc) is 2.47. The molecule has 0 spiro atoms. The van der Waals surface area contributed by atoms with E-state index < -0.39 is 45.6 Å². The standard InChI is InChI=1S/C15H11ClF9IO/c1-11(27,6-8-2-4-9(16)5-3-8)10(26)7-12(17,18)13(19,20)14(21,22)15(23,24)25/h2-5,7,27H,6H2,1H3. The van der Waals surface area contributed by atoms with Crippen molar-refractivity contribution in [3.63, 3.8) is 0 Å². The summed E-state index contributed by atoms with van der Waals surface area (Å²) >= 11 is 6.62. The van der Waals surface area contributed by atoms with Gasteiger partial charge in [-0.15, -0.1) is 0 Å². The smallest absolute Gasteiger partial charge is 0.385 e. The van der Waals surface area contributed by atoms with Gasteiger partial charge < -0.3 is 5.11 Å². The number of rotatable bonds is 6. The Morgan fingerprint density at radius 1 is 0.963 bits per heavy atom. The molecule has 0 aliphatic heterocycles. The molecule has 12 heteroatoms. The predicted octanol–water partition coefficient (Wildman–Crippen LogP) is 6.42. The highest BCUT2D eigenvalue weighted by Crippen LogP contribution is 2.54. The van der Waals surface area contributed by atoms with E-state index in [1.807, 2.05) is 0 Å². The number of allylic oxidation sites excluding steroid dienone is 1. The van der Waals surface area contributed by atoms with E-state index in [4.69, 9.17) is 11.6 Å². The monoisotopic (exact) mass is 540 g/mol. The third-order valence-electron chi connectivity index (χ3n) is 3.45. The highest BCUT2D eigenvalue weighted by Gasteiger charge is 2.81. The summed E-state index contributed by atoms with van der Waals surface area (Å²) in [6.07, 6.45) is -8.11. The molecule has 27 heavy (non-hydrogen) atoms. The lowest BCUT2D eigenvalue weighted by Crippen LogP contribution is -2.60. The molecule has 0 bridgehead atoms. The quantitative estimate of drug-likeness (QED) is 0.326. The summed E-state index contributed by atoms with van der Waals surface area (Å²) in [4.78, 5) is 0. The van der Waals surface area contributed by atoms with Crippen LogP contribution in [0, 0.1) is 0 Å². The van der Waals surface area contributed by atoms with Gasteiger partial charge in [0, 0.05) is 21.1 Å². The first kappa shape index (κ1) is 24.3. The Morgan fingerprint density at radius 2 is 1.41 bits per heavy atom. The van der Waals surface area contributed by atoms with Gasteiger partial charge in [-0.05, 0) is 47.2 Å². The maximum atomic E-state index is 13.7. The molecule has 0 fully saturated rings. The zero-order chi connectivity index (χ0) is 21.5. The Labute approximate surface area is 166 Å². The van der Waals surface area contributed by atoms with E-state index in [-0.39, 0.29) is 0 Å². The van der Waals surface area contributed by atoms with Gasteiger partial charge >= 0.3 is 23.9 Å². The van der Waals surface area contributed by atoms with Gasteiger partial charge in [-0.2, -0.15) is 39.5 Å². The largest absolute Gasteiger partial charge is 0.460 e. The molecule has 0 aliphatic carbocycles. The van der Waals surface area contributed by atoms with Crippen molar-refractivity contribution in [2.45, 2.75) is 42.9 Å². The van der Waals surface area contributed by atoms with Crippen LogP contribution >= 0.6 is 34.2 Å². The van der Waals surface area contributed by atoms with Crippen LogP contribution in [-0.4, -0.2) is 34.7 Å². The molecule has 1 rings (SSSR count). The van der Waals surface area contributed by atoms with Crippen LogP contribution in [0.2, 0.25) is 5.02 Å². The van der Waals surface area contributed by atoms with Crippen LogP contribution in [0.25, 0.3) is 0 Å². The van der Waals surface area contributed by atoms with Crippen molar-refractivity contribution in [1.82, 2.24) is 0 Å². The lowest BCUT2D eigenvalue weighted by molar-refractivity contribution is -0.388. The van der Waals surface area contributed by atoms with Crippen LogP contribution in [0.5, 0.6) is 0 Å². The van der Waals surface area contributed by atoms with E-state index in [2.05, 4.69) is 0 Å². The van der Waals surface area contributed by atoms with Crippen LogP contribution in [0.3, 0.4) is 0 Å². The second kappa shape index (κ2) is 7.62. The van der Waals surface area contributed by atoms with Crippen LogP contribution in [-0.2, 0) is 6.42 Å². The fourth-order valence-corrected chi connectivity index (χ4v) is 2.58. The molecule has 0 radical (unpaired) electrons. The Bertz CT molecular complexity index is 696. The molecule has 0 aliphatic rings. The summed E-state index contributed by atoms with van der Waals surface area (Å²) in [6.45, 7) is 0.913. The SMILES string of the molecule is CC(O)(Cc1ccc(Cl)cc1)C(I)=CC(F)(F)C(F)(F)C(F)(F)C(F)(F)F. The second-order valence-corrected chi connectivity index (χ2v) is 7.44. The zero-order valence-corrected chi connectivity index (χ0v) is 16.1. The highest BCUT2D eigenvalue weighted by atomic mass is 127. The van der Waals surface area contributed by atoms with Crippen LogP contribution < -0.4 is 0 Å². The van der Waals surface area contributed by atoms with E-state index in [1.54, 1.807) is 0 Å². The number of aliphatic hydroxyl groups is 1. The summed E-state index contributed by atoms with van der Waals surface area (Å²) in [5, 5.41) is 10.5. The Kier molecular flexibility index (Phi) is 6.87. The predicted molar refractivity (Wildman–Crippen MR) is 88.8 cm³/mol. The first-order valence-corrected chi connectivity index (χ1v) is 8.36. The van der Waals surface area contributed by atoms with Crippen molar-refractivity contribution in [3.8, 4) is 0 Å². The average molecular weight is 541 g/mol. The summed E-state index contributed by atoms with van der Waals surface area (Å²) < 4.78 is 115. The molecule has 0 saturated carbocycles. The fourth-order valence-electron chi connectivity index (χ4n) is 1.88. The van der Waals surface area contributed by atoms with Gasteiger partial charge in [-0.1, -0.05) is 23.7 Å². The number of alkyl halides is 9. The molecule has 1 atom stereocenters.